The Morgan fingerprint density at radius 1 is 1.64 bits per heavy atom. The minimum absolute atomic E-state index is 0.0505. The molecule has 4 heteroatoms. The van der Waals surface area contributed by atoms with Crippen molar-refractivity contribution in [3.05, 3.63) is 0 Å². The number of amides is 2. The minimum atomic E-state index is 0.0505. The van der Waals surface area contributed by atoms with Crippen molar-refractivity contribution in [3.8, 4) is 0 Å². The number of hydrogen-bond donors (Lipinski definition) is 1. The van der Waals surface area contributed by atoms with Gasteiger partial charge in [-0.05, 0) is 26.7 Å². The number of piperidine rings is 1. The van der Waals surface area contributed by atoms with E-state index in [9.17, 15) is 4.79 Å². The standard InChI is InChI=1S/C10H20N2O2/c1-4-11-10(13)12-6-5-9(14-3)7-8(12)2/h8-9H,4-7H2,1-3H3,(H,11,13). The Labute approximate surface area is 85.6 Å². The summed E-state index contributed by atoms with van der Waals surface area (Å²) in [6, 6.07) is 0.329. The lowest BCUT2D eigenvalue weighted by molar-refractivity contribution is 0.0294. The highest BCUT2D eigenvalue weighted by Crippen LogP contribution is 2.19. The third-order valence-electron chi connectivity index (χ3n) is 2.75. The zero-order valence-corrected chi connectivity index (χ0v) is 9.25. The van der Waals surface area contributed by atoms with E-state index in [1.165, 1.54) is 0 Å². The zero-order valence-electron chi connectivity index (χ0n) is 9.25. The Kier molecular flexibility index (Phi) is 4.20. The fourth-order valence-electron chi connectivity index (χ4n) is 1.90. The molecule has 1 rings (SSSR count). The summed E-state index contributed by atoms with van der Waals surface area (Å²) in [5, 5.41) is 2.82. The van der Waals surface area contributed by atoms with Crippen LogP contribution in [0.15, 0.2) is 0 Å². The quantitative estimate of drug-likeness (QED) is 0.728. The first-order valence-electron chi connectivity index (χ1n) is 5.26. The van der Waals surface area contributed by atoms with Gasteiger partial charge in [-0.2, -0.15) is 0 Å². The molecular weight excluding hydrogens is 180 g/mol. The molecule has 1 fully saturated rings. The average Bonchev–Trinajstić information content (AvgIpc) is 2.17. The lowest BCUT2D eigenvalue weighted by atomic mass is 10.0. The van der Waals surface area contributed by atoms with Gasteiger partial charge in [-0.25, -0.2) is 4.79 Å². The molecule has 0 radical (unpaired) electrons. The number of ether oxygens (including phenoxy) is 1. The lowest BCUT2D eigenvalue weighted by Crippen LogP contribution is -2.50. The van der Waals surface area contributed by atoms with E-state index >= 15 is 0 Å². The van der Waals surface area contributed by atoms with Crippen LogP contribution >= 0.6 is 0 Å². The third kappa shape index (κ3) is 2.61. The van der Waals surface area contributed by atoms with Crippen LogP contribution in [0, 0.1) is 0 Å². The van der Waals surface area contributed by atoms with Crippen molar-refractivity contribution < 1.29 is 9.53 Å². The highest BCUT2D eigenvalue weighted by molar-refractivity contribution is 5.74. The Morgan fingerprint density at radius 2 is 2.36 bits per heavy atom. The summed E-state index contributed by atoms with van der Waals surface area (Å²) in [5.74, 6) is 0. The molecule has 1 N–H and O–H groups in total. The summed E-state index contributed by atoms with van der Waals surface area (Å²) in [6.07, 6.45) is 2.20. The summed E-state index contributed by atoms with van der Waals surface area (Å²) in [7, 11) is 1.74. The van der Waals surface area contributed by atoms with Gasteiger partial charge in [0.1, 0.15) is 0 Å². The predicted molar refractivity (Wildman–Crippen MR) is 55.3 cm³/mol. The summed E-state index contributed by atoms with van der Waals surface area (Å²) >= 11 is 0. The van der Waals surface area contributed by atoms with Crippen LogP contribution in [0.5, 0.6) is 0 Å². The number of hydrogen-bond acceptors (Lipinski definition) is 2. The van der Waals surface area contributed by atoms with Crippen molar-refractivity contribution in [1.82, 2.24) is 10.2 Å². The third-order valence-corrected chi connectivity index (χ3v) is 2.75. The molecule has 0 saturated carbocycles. The molecule has 1 aliphatic rings. The molecule has 0 aromatic carbocycles. The van der Waals surface area contributed by atoms with E-state index in [2.05, 4.69) is 12.2 Å². The van der Waals surface area contributed by atoms with E-state index in [0.29, 0.717) is 12.6 Å². The van der Waals surface area contributed by atoms with Crippen molar-refractivity contribution in [3.63, 3.8) is 0 Å². The first-order valence-corrected chi connectivity index (χ1v) is 5.26. The Bertz CT molecular complexity index is 197. The van der Waals surface area contributed by atoms with Gasteiger partial charge in [0.2, 0.25) is 0 Å². The van der Waals surface area contributed by atoms with Crippen LogP contribution in [0.1, 0.15) is 26.7 Å². The van der Waals surface area contributed by atoms with Gasteiger partial charge in [0.15, 0.2) is 0 Å². The molecule has 2 amide bonds. The molecule has 82 valence electrons. The molecule has 0 bridgehead atoms. The van der Waals surface area contributed by atoms with Crippen molar-refractivity contribution in [2.45, 2.75) is 38.8 Å². The van der Waals surface area contributed by atoms with Gasteiger partial charge in [0.25, 0.3) is 0 Å². The molecule has 1 saturated heterocycles. The Hall–Kier alpha value is -0.770. The number of nitrogens with zero attached hydrogens (tertiary/aromatic N) is 1. The van der Waals surface area contributed by atoms with Crippen LogP contribution < -0.4 is 5.32 Å². The fourth-order valence-corrected chi connectivity index (χ4v) is 1.90. The summed E-state index contributed by atoms with van der Waals surface area (Å²) in [6.45, 7) is 5.49. The molecule has 4 nitrogen and oxygen atoms in total. The van der Waals surface area contributed by atoms with Crippen LogP contribution in [0.25, 0.3) is 0 Å². The zero-order chi connectivity index (χ0) is 10.6. The maximum atomic E-state index is 11.6. The molecule has 0 spiro atoms. The number of nitrogens with one attached hydrogen (secondary N) is 1. The van der Waals surface area contributed by atoms with Gasteiger partial charge in [-0.15, -0.1) is 0 Å². The number of carbonyl (C=O) groups is 1. The van der Waals surface area contributed by atoms with Crippen LogP contribution in [0.4, 0.5) is 4.79 Å². The Morgan fingerprint density at radius 3 is 2.86 bits per heavy atom. The maximum Gasteiger partial charge on any atom is 0.317 e. The Balaban J connectivity index is 2.45. The van der Waals surface area contributed by atoms with E-state index in [1.807, 2.05) is 11.8 Å². The normalized spacial score (nSPS) is 27.5. The van der Waals surface area contributed by atoms with Crippen LogP contribution in [-0.2, 0) is 4.74 Å². The summed E-state index contributed by atoms with van der Waals surface area (Å²) in [5.41, 5.74) is 0. The van der Waals surface area contributed by atoms with Gasteiger partial charge in [-0.3, -0.25) is 0 Å². The molecule has 2 atom stereocenters. The number of urea groups is 1. The monoisotopic (exact) mass is 200 g/mol. The number of rotatable bonds is 2. The van der Waals surface area contributed by atoms with Gasteiger partial charge in [-0.1, -0.05) is 0 Å². The molecule has 14 heavy (non-hydrogen) atoms. The molecule has 0 aliphatic carbocycles. The number of methoxy groups -OCH3 is 1. The fraction of sp³-hybridized carbons (Fsp3) is 0.900. The highest BCUT2D eigenvalue weighted by Gasteiger charge is 2.28. The van der Waals surface area contributed by atoms with Gasteiger partial charge >= 0.3 is 6.03 Å². The molecule has 1 heterocycles. The van der Waals surface area contributed by atoms with E-state index < -0.39 is 0 Å². The van der Waals surface area contributed by atoms with Gasteiger partial charge in [0, 0.05) is 26.2 Å². The molecule has 1 aliphatic heterocycles. The van der Waals surface area contributed by atoms with Crippen molar-refractivity contribution in [2.75, 3.05) is 20.2 Å². The number of carbonyl (C=O) groups excluding carboxylic acids is 1. The highest BCUT2D eigenvalue weighted by atomic mass is 16.5. The minimum Gasteiger partial charge on any atom is -0.381 e. The first-order chi connectivity index (χ1) is 6.69. The topological polar surface area (TPSA) is 41.6 Å². The van der Waals surface area contributed by atoms with Gasteiger partial charge < -0.3 is 15.0 Å². The second-order valence-corrected chi connectivity index (χ2v) is 3.76. The summed E-state index contributed by atoms with van der Waals surface area (Å²) < 4.78 is 5.29. The predicted octanol–water partition coefficient (Wildman–Crippen LogP) is 1.22. The average molecular weight is 200 g/mol. The van der Waals surface area contributed by atoms with Crippen LogP contribution in [0.3, 0.4) is 0 Å². The maximum absolute atomic E-state index is 11.6. The summed E-state index contributed by atoms with van der Waals surface area (Å²) in [4.78, 5) is 13.5. The van der Waals surface area contributed by atoms with Crippen molar-refractivity contribution >= 4 is 6.03 Å². The van der Waals surface area contributed by atoms with Crippen LogP contribution in [0.2, 0.25) is 0 Å². The first kappa shape index (κ1) is 11.3. The van der Waals surface area contributed by atoms with Gasteiger partial charge in [0.05, 0.1) is 6.10 Å². The molecular formula is C10H20N2O2. The largest absolute Gasteiger partial charge is 0.381 e. The molecule has 2 unspecified atom stereocenters. The SMILES string of the molecule is CCNC(=O)N1CCC(OC)CC1C. The van der Waals surface area contributed by atoms with E-state index in [1.54, 1.807) is 7.11 Å². The van der Waals surface area contributed by atoms with Crippen molar-refractivity contribution in [2.24, 2.45) is 0 Å². The van der Waals surface area contributed by atoms with E-state index in [0.717, 1.165) is 19.4 Å². The molecule has 0 aromatic heterocycles. The molecule has 0 aromatic rings. The van der Waals surface area contributed by atoms with Crippen molar-refractivity contribution in [1.29, 1.82) is 0 Å². The smallest absolute Gasteiger partial charge is 0.317 e. The van der Waals surface area contributed by atoms with E-state index in [-0.39, 0.29) is 12.1 Å². The van der Waals surface area contributed by atoms with E-state index in [4.69, 9.17) is 4.74 Å². The number of likely N-dealkylation sites (tertiary alicyclic amines) is 1. The lowest BCUT2D eigenvalue weighted by Gasteiger charge is -2.36. The van der Waals surface area contributed by atoms with Crippen LogP contribution in [-0.4, -0.2) is 43.3 Å². The second kappa shape index (κ2) is 5.20. The second-order valence-electron chi connectivity index (χ2n) is 3.76.